The highest BCUT2D eigenvalue weighted by Crippen LogP contribution is 2.26. The van der Waals surface area contributed by atoms with E-state index in [1.54, 1.807) is 28.7 Å². The number of methoxy groups -OCH3 is 1. The third-order valence-corrected chi connectivity index (χ3v) is 6.55. The Hall–Kier alpha value is -2.06. The van der Waals surface area contributed by atoms with Gasteiger partial charge in [-0.2, -0.15) is 11.3 Å². The number of hydrogen-bond acceptors (Lipinski definition) is 7. The third kappa shape index (κ3) is 4.67. The molecule has 28 heavy (non-hydrogen) atoms. The first-order valence-corrected chi connectivity index (χ1v) is 11.1. The second kappa shape index (κ2) is 8.96. The summed E-state index contributed by atoms with van der Waals surface area (Å²) in [6.45, 7) is 5.86. The molecular formula is C21H23N3O2S2. The Kier molecular flexibility index (Phi) is 6.17. The van der Waals surface area contributed by atoms with Crippen LogP contribution in [0, 0.1) is 0 Å². The summed E-state index contributed by atoms with van der Waals surface area (Å²) in [5.74, 6) is -0.281. The molecule has 0 saturated carbocycles. The van der Waals surface area contributed by atoms with Crippen LogP contribution in [0.25, 0.3) is 10.6 Å². The van der Waals surface area contributed by atoms with Crippen LogP contribution >= 0.6 is 22.7 Å². The summed E-state index contributed by atoms with van der Waals surface area (Å²) in [7, 11) is 1.42. The summed E-state index contributed by atoms with van der Waals surface area (Å²) in [4.78, 5) is 21.4. The molecule has 1 saturated heterocycles. The molecule has 2 aromatic heterocycles. The molecule has 3 aromatic rings. The van der Waals surface area contributed by atoms with E-state index >= 15 is 0 Å². The maximum atomic E-state index is 11.7. The number of benzene rings is 1. The predicted molar refractivity (Wildman–Crippen MR) is 114 cm³/mol. The molecular weight excluding hydrogens is 390 g/mol. The van der Waals surface area contributed by atoms with Gasteiger partial charge in [-0.3, -0.25) is 9.80 Å². The van der Waals surface area contributed by atoms with Crippen LogP contribution in [0.2, 0.25) is 0 Å². The van der Waals surface area contributed by atoms with Gasteiger partial charge in [-0.15, -0.1) is 11.3 Å². The number of rotatable bonds is 6. The highest BCUT2D eigenvalue weighted by Gasteiger charge is 2.18. The van der Waals surface area contributed by atoms with Crippen LogP contribution in [0.1, 0.15) is 21.6 Å². The van der Waals surface area contributed by atoms with E-state index in [0.717, 1.165) is 55.5 Å². The quantitative estimate of drug-likeness (QED) is 0.572. The Balaban J connectivity index is 1.29. The Labute approximate surface area is 173 Å². The third-order valence-electron chi connectivity index (χ3n) is 4.92. The van der Waals surface area contributed by atoms with Crippen molar-refractivity contribution in [2.45, 2.75) is 13.1 Å². The molecule has 7 heteroatoms. The maximum absolute atomic E-state index is 11.7. The largest absolute Gasteiger partial charge is 0.465 e. The molecule has 3 heterocycles. The summed E-state index contributed by atoms with van der Waals surface area (Å²) in [5, 5.41) is 7.53. The number of carbonyl (C=O) groups excluding carboxylic acids is 1. The fourth-order valence-electron chi connectivity index (χ4n) is 3.41. The first-order chi connectivity index (χ1) is 13.7. The van der Waals surface area contributed by atoms with Gasteiger partial charge in [0.15, 0.2) is 0 Å². The van der Waals surface area contributed by atoms with Crippen LogP contribution in [-0.4, -0.2) is 54.0 Å². The van der Waals surface area contributed by atoms with Gasteiger partial charge in [0.05, 0.1) is 18.4 Å². The number of thiophene rings is 1. The smallest absolute Gasteiger partial charge is 0.337 e. The van der Waals surface area contributed by atoms with Crippen molar-refractivity contribution >= 4 is 28.6 Å². The van der Waals surface area contributed by atoms with Crippen LogP contribution in [0.5, 0.6) is 0 Å². The van der Waals surface area contributed by atoms with Crippen molar-refractivity contribution in [2.24, 2.45) is 0 Å². The average Bonchev–Trinajstić information content (AvgIpc) is 3.41. The van der Waals surface area contributed by atoms with Crippen LogP contribution in [-0.2, 0) is 17.8 Å². The van der Waals surface area contributed by atoms with Gasteiger partial charge in [-0.05, 0) is 29.1 Å². The van der Waals surface area contributed by atoms with Crippen molar-refractivity contribution in [1.29, 1.82) is 0 Å². The first-order valence-electron chi connectivity index (χ1n) is 9.30. The van der Waals surface area contributed by atoms with E-state index in [-0.39, 0.29) is 5.97 Å². The van der Waals surface area contributed by atoms with E-state index in [2.05, 4.69) is 38.1 Å². The van der Waals surface area contributed by atoms with Gasteiger partial charge < -0.3 is 4.74 Å². The molecule has 1 aliphatic heterocycles. The lowest BCUT2D eigenvalue weighted by molar-refractivity contribution is 0.0600. The molecule has 0 unspecified atom stereocenters. The van der Waals surface area contributed by atoms with E-state index < -0.39 is 0 Å². The van der Waals surface area contributed by atoms with Crippen LogP contribution in [0.15, 0.2) is 46.5 Å². The topological polar surface area (TPSA) is 45.7 Å². The minimum absolute atomic E-state index is 0.281. The standard InChI is InChI=1S/C21H23N3O2S2/c1-26-21(25)17-4-2-3-16(11-17)12-23-6-8-24(9-7-23)13-19-15-28-20(22-19)18-5-10-27-14-18/h2-5,10-11,14-15H,6-9,12-13H2,1H3. The van der Waals surface area contributed by atoms with Crippen LogP contribution in [0.3, 0.4) is 0 Å². The number of ether oxygens (including phenoxy) is 1. The molecule has 0 aliphatic carbocycles. The number of esters is 1. The normalized spacial score (nSPS) is 15.6. The zero-order chi connectivity index (χ0) is 19.3. The number of hydrogen-bond donors (Lipinski definition) is 0. The van der Waals surface area contributed by atoms with E-state index in [9.17, 15) is 4.79 Å². The number of nitrogens with zero attached hydrogens (tertiary/aromatic N) is 3. The van der Waals surface area contributed by atoms with E-state index in [0.29, 0.717) is 5.56 Å². The zero-order valence-corrected chi connectivity index (χ0v) is 17.5. The number of piperazine rings is 1. The molecule has 0 radical (unpaired) electrons. The predicted octanol–water partition coefficient (Wildman–Crippen LogP) is 3.98. The van der Waals surface area contributed by atoms with Gasteiger partial charge in [-0.1, -0.05) is 12.1 Å². The lowest BCUT2D eigenvalue weighted by atomic mass is 10.1. The summed E-state index contributed by atoms with van der Waals surface area (Å²) in [6, 6.07) is 9.84. The number of aromatic nitrogens is 1. The molecule has 1 aromatic carbocycles. The second-order valence-electron chi connectivity index (χ2n) is 6.90. The minimum atomic E-state index is -0.281. The van der Waals surface area contributed by atoms with Crippen LogP contribution < -0.4 is 0 Å². The van der Waals surface area contributed by atoms with E-state index in [1.807, 2.05) is 12.1 Å². The van der Waals surface area contributed by atoms with Crippen molar-refractivity contribution in [3.05, 3.63) is 63.3 Å². The first kappa shape index (κ1) is 19.3. The Morgan fingerprint density at radius 1 is 1.11 bits per heavy atom. The molecule has 0 spiro atoms. The zero-order valence-electron chi connectivity index (χ0n) is 15.8. The Morgan fingerprint density at radius 2 is 1.89 bits per heavy atom. The second-order valence-corrected chi connectivity index (χ2v) is 8.54. The van der Waals surface area contributed by atoms with Gasteiger partial charge in [-0.25, -0.2) is 9.78 Å². The molecule has 0 atom stereocenters. The van der Waals surface area contributed by atoms with Crippen LogP contribution in [0.4, 0.5) is 0 Å². The summed E-state index contributed by atoms with van der Waals surface area (Å²) >= 11 is 3.43. The minimum Gasteiger partial charge on any atom is -0.465 e. The number of carbonyl (C=O) groups is 1. The molecule has 5 nitrogen and oxygen atoms in total. The van der Waals surface area contributed by atoms with Gasteiger partial charge in [0.25, 0.3) is 0 Å². The summed E-state index contributed by atoms with van der Waals surface area (Å²) < 4.78 is 4.81. The Morgan fingerprint density at radius 3 is 2.61 bits per heavy atom. The molecule has 1 aliphatic rings. The van der Waals surface area contributed by atoms with Gasteiger partial charge >= 0.3 is 5.97 Å². The fraction of sp³-hybridized carbons (Fsp3) is 0.333. The van der Waals surface area contributed by atoms with Gasteiger partial charge in [0.2, 0.25) is 0 Å². The average molecular weight is 414 g/mol. The van der Waals surface area contributed by atoms with Crippen molar-refractivity contribution in [2.75, 3.05) is 33.3 Å². The van der Waals surface area contributed by atoms with Crippen molar-refractivity contribution in [3.8, 4) is 10.6 Å². The van der Waals surface area contributed by atoms with Gasteiger partial charge in [0.1, 0.15) is 5.01 Å². The highest BCUT2D eigenvalue weighted by molar-refractivity contribution is 7.14. The SMILES string of the molecule is COC(=O)c1cccc(CN2CCN(Cc3csc(-c4ccsc4)n3)CC2)c1. The lowest BCUT2D eigenvalue weighted by Crippen LogP contribution is -2.45. The maximum Gasteiger partial charge on any atom is 0.337 e. The highest BCUT2D eigenvalue weighted by atomic mass is 32.1. The molecule has 1 fully saturated rings. The molecule has 0 N–H and O–H groups in total. The Bertz CT molecular complexity index is 915. The molecule has 0 bridgehead atoms. The molecule has 146 valence electrons. The fourth-order valence-corrected chi connectivity index (χ4v) is 4.93. The van der Waals surface area contributed by atoms with Crippen molar-refractivity contribution in [1.82, 2.24) is 14.8 Å². The monoisotopic (exact) mass is 413 g/mol. The van der Waals surface area contributed by atoms with E-state index in [4.69, 9.17) is 9.72 Å². The lowest BCUT2D eigenvalue weighted by Gasteiger charge is -2.34. The molecule has 0 amide bonds. The number of thiazole rings is 1. The van der Waals surface area contributed by atoms with Crippen molar-refractivity contribution < 1.29 is 9.53 Å². The van der Waals surface area contributed by atoms with E-state index in [1.165, 1.54) is 12.7 Å². The van der Waals surface area contributed by atoms with Crippen molar-refractivity contribution in [3.63, 3.8) is 0 Å². The summed E-state index contributed by atoms with van der Waals surface area (Å²) in [6.07, 6.45) is 0. The summed E-state index contributed by atoms with van der Waals surface area (Å²) in [5.41, 5.74) is 4.14. The molecule has 4 rings (SSSR count). The van der Waals surface area contributed by atoms with Gasteiger partial charge in [0, 0.05) is 55.6 Å².